The number of sulfone groups is 1. The number of nitrogens with zero attached hydrogens (tertiary/aromatic N) is 5. The van der Waals surface area contributed by atoms with Crippen molar-refractivity contribution in [3.05, 3.63) is 87.8 Å². The highest BCUT2D eigenvalue weighted by molar-refractivity contribution is 7.90. The Kier molecular flexibility index (Phi) is 8.44. The molecule has 2 amide bonds. The number of aryl methyl sites for hydroxylation is 1. The summed E-state index contributed by atoms with van der Waals surface area (Å²) in [7, 11) is -3.29. The maximum Gasteiger partial charge on any atom is 0.409 e. The highest BCUT2D eigenvalue weighted by Gasteiger charge is 2.24. The Morgan fingerprint density at radius 1 is 0.930 bits per heavy atom. The molecule has 1 aliphatic heterocycles. The molecule has 5 rings (SSSR count). The van der Waals surface area contributed by atoms with Crippen LogP contribution in [-0.2, 0) is 21.1 Å². The van der Waals surface area contributed by atoms with Crippen LogP contribution >= 0.6 is 0 Å². The van der Waals surface area contributed by atoms with E-state index in [-0.39, 0.29) is 29.0 Å². The van der Waals surface area contributed by atoms with Crippen molar-refractivity contribution in [3.63, 3.8) is 0 Å². The molecular formula is C30H32N6O6S. The van der Waals surface area contributed by atoms with E-state index in [0.717, 1.165) is 17.2 Å². The lowest BCUT2D eigenvalue weighted by molar-refractivity contribution is 0.0950. The van der Waals surface area contributed by atoms with E-state index in [1.807, 2.05) is 11.8 Å². The Hall–Kier alpha value is -4.78. The molecule has 1 fully saturated rings. The molecule has 1 saturated heterocycles. The first-order valence-corrected chi connectivity index (χ1v) is 15.7. The molecule has 13 heteroatoms. The molecule has 0 saturated carbocycles. The third-order valence-corrected chi connectivity index (χ3v) is 8.34. The highest BCUT2D eigenvalue weighted by Crippen LogP contribution is 2.22. The summed E-state index contributed by atoms with van der Waals surface area (Å²) in [5, 5.41) is 3.55. The smallest absolute Gasteiger partial charge is 0.409 e. The Morgan fingerprint density at radius 3 is 2.23 bits per heavy atom. The van der Waals surface area contributed by atoms with Gasteiger partial charge in [-0.2, -0.15) is 4.98 Å². The number of hydrogen-bond acceptors (Lipinski definition) is 9. The minimum Gasteiger partial charge on any atom is -0.450 e. The molecule has 0 radical (unpaired) electrons. The number of rotatable bonds is 7. The van der Waals surface area contributed by atoms with Gasteiger partial charge in [-0.1, -0.05) is 12.1 Å². The molecule has 0 unspecified atom stereocenters. The average Bonchev–Trinajstić information content (AvgIpc) is 3.00. The Morgan fingerprint density at radius 2 is 1.60 bits per heavy atom. The minimum absolute atomic E-state index is 0.214. The molecule has 12 nitrogen and oxygen atoms in total. The third-order valence-electron chi connectivity index (χ3n) is 7.21. The van der Waals surface area contributed by atoms with E-state index in [9.17, 15) is 22.8 Å². The van der Waals surface area contributed by atoms with Gasteiger partial charge in [0.25, 0.3) is 11.5 Å². The first kappa shape index (κ1) is 29.7. The van der Waals surface area contributed by atoms with Gasteiger partial charge in [0.05, 0.1) is 22.9 Å². The maximum absolute atomic E-state index is 13.1. The van der Waals surface area contributed by atoms with E-state index in [2.05, 4.69) is 10.3 Å². The van der Waals surface area contributed by atoms with Crippen LogP contribution in [0.5, 0.6) is 0 Å². The predicted octanol–water partition coefficient (Wildman–Crippen LogP) is 2.70. The van der Waals surface area contributed by atoms with Crippen molar-refractivity contribution in [2.75, 3.05) is 43.9 Å². The van der Waals surface area contributed by atoms with Gasteiger partial charge in [-0.15, -0.1) is 0 Å². The van der Waals surface area contributed by atoms with E-state index in [1.54, 1.807) is 54.3 Å². The fraction of sp³-hybridized carbons (Fsp3) is 0.300. The van der Waals surface area contributed by atoms with Gasteiger partial charge < -0.3 is 19.9 Å². The van der Waals surface area contributed by atoms with Crippen molar-refractivity contribution in [2.24, 2.45) is 0 Å². The number of fused-ring (bicyclic) bond motifs is 1. The van der Waals surface area contributed by atoms with Gasteiger partial charge >= 0.3 is 6.09 Å². The summed E-state index contributed by atoms with van der Waals surface area (Å²) in [4.78, 5) is 51.3. The van der Waals surface area contributed by atoms with Crippen LogP contribution in [0.2, 0.25) is 0 Å². The Balaban J connectivity index is 1.35. The normalized spacial score (nSPS) is 13.7. The molecule has 4 aromatic rings. The standard InChI is InChI=1S/C30H32N6O6S/c1-4-42-30(39)35-17-15-34(16-18-35)29-32-20(2)25-13-14-26(37)36(27(25)33-29)23-9-7-22(8-10-23)28(38)31-19-21-5-11-24(12-6-21)43(3,40)41/h5-14H,4,15-19H2,1-3H3,(H,31,38). The second-order valence-corrected chi connectivity index (χ2v) is 12.2. The van der Waals surface area contributed by atoms with Gasteiger partial charge in [-0.05, 0) is 61.9 Å². The monoisotopic (exact) mass is 604 g/mol. The summed E-state index contributed by atoms with van der Waals surface area (Å²) in [6.45, 7) is 6.15. The first-order chi connectivity index (χ1) is 20.5. The lowest BCUT2D eigenvalue weighted by atomic mass is 10.1. The number of ether oxygens (including phenoxy) is 1. The van der Waals surface area contributed by atoms with Crippen LogP contribution in [0.3, 0.4) is 0 Å². The number of carbonyl (C=O) groups excluding carboxylic acids is 2. The van der Waals surface area contributed by atoms with Crippen molar-refractivity contribution in [1.82, 2.24) is 24.8 Å². The fourth-order valence-electron chi connectivity index (χ4n) is 4.85. The summed E-state index contributed by atoms with van der Waals surface area (Å²) < 4.78 is 29.9. The lowest BCUT2D eigenvalue weighted by Crippen LogP contribution is -2.49. The predicted molar refractivity (Wildman–Crippen MR) is 161 cm³/mol. The first-order valence-electron chi connectivity index (χ1n) is 13.8. The summed E-state index contributed by atoms with van der Waals surface area (Å²) in [6, 6.07) is 16.1. The summed E-state index contributed by atoms with van der Waals surface area (Å²) in [6.07, 6.45) is 0.802. The molecule has 1 aliphatic rings. The number of piperazine rings is 1. The molecule has 1 N–H and O–H groups in total. The van der Waals surface area contributed by atoms with Gasteiger partial charge in [0.15, 0.2) is 15.5 Å². The quantitative estimate of drug-likeness (QED) is 0.337. The molecule has 0 atom stereocenters. The van der Waals surface area contributed by atoms with Gasteiger partial charge in [0.1, 0.15) is 0 Å². The number of benzene rings is 2. The maximum atomic E-state index is 13.1. The zero-order valence-corrected chi connectivity index (χ0v) is 24.9. The summed E-state index contributed by atoms with van der Waals surface area (Å²) in [5.74, 6) is 0.153. The Bertz CT molecular complexity index is 1830. The van der Waals surface area contributed by atoms with Crippen LogP contribution in [0, 0.1) is 6.92 Å². The molecule has 3 heterocycles. The minimum atomic E-state index is -3.29. The van der Waals surface area contributed by atoms with Crippen LogP contribution in [-0.4, -0.2) is 78.9 Å². The molecule has 2 aromatic carbocycles. The fourth-order valence-corrected chi connectivity index (χ4v) is 5.48. The van der Waals surface area contributed by atoms with Gasteiger partial charge in [0, 0.05) is 56.0 Å². The topological polar surface area (TPSA) is 144 Å². The van der Waals surface area contributed by atoms with E-state index in [1.165, 1.54) is 22.8 Å². The molecule has 224 valence electrons. The van der Waals surface area contributed by atoms with Gasteiger partial charge in [-0.3, -0.25) is 14.2 Å². The van der Waals surface area contributed by atoms with Crippen LogP contribution in [0.25, 0.3) is 16.7 Å². The molecule has 2 aromatic heterocycles. The number of hydrogen-bond donors (Lipinski definition) is 1. The summed E-state index contributed by atoms with van der Waals surface area (Å²) >= 11 is 0. The van der Waals surface area contributed by atoms with Gasteiger partial charge in [-0.25, -0.2) is 18.2 Å². The SMILES string of the molecule is CCOC(=O)N1CCN(c2nc(C)c3ccc(=O)n(-c4ccc(C(=O)NCc5ccc(S(C)(=O)=O)cc5)cc4)c3n2)CC1. The number of nitrogens with one attached hydrogen (secondary N) is 1. The molecular weight excluding hydrogens is 572 g/mol. The van der Waals surface area contributed by atoms with E-state index in [0.29, 0.717) is 61.3 Å². The highest BCUT2D eigenvalue weighted by atomic mass is 32.2. The van der Waals surface area contributed by atoms with Crippen molar-refractivity contribution < 1.29 is 22.7 Å². The van der Waals surface area contributed by atoms with Crippen molar-refractivity contribution in [3.8, 4) is 5.69 Å². The number of aromatic nitrogens is 3. The molecule has 43 heavy (non-hydrogen) atoms. The third kappa shape index (κ3) is 6.51. The number of carbonyl (C=O) groups is 2. The van der Waals surface area contributed by atoms with E-state index < -0.39 is 9.84 Å². The number of amides is 2. The van der Waals surface area contributed by atoms with E-state index in [4.69, 9.17) is 9.72 Å². The Labute approximate surface area is 248 Å². The van der Waals surface area contributed by atoms with Crippen molar-refractivity contribution in [1.29, 1.82) is 0 Å². The number of anilines is 1. The van der Waals surface area contributed by atoms with E-state index >= 15 is 0 Å². The molecule has 0 spiro atoms. The van der Waals surface area contributed by atoms with Crippen molar-refractivity contribution in [2.45, 2.75) is 25.3 Å². The summed E-state index contributed by atoms with van der Waals surface area (Å²) in [5.41, 5.74) is 2.57. The largest absolute Gasteiger partial charge is 0.450 e. The molecule has 0 bridgehead atoms. The molecule has 0 aliphatic carbocycles. The second-order valence-electron chi connectivity index (χ2n) is 10.2. The zero-order valence-electron chi connectivity index (χ0n) is 24.1. The second kappa shape index (κ2) is 12.2. The van der Waals surface area contributed by atoms with Crippen LogP contribution < -0.4 is 15.8 Å². The van der Waals surface area contributed by atoms with Crippen LogP contribution in [0.15, 0.2) is 70.4 Å². The van der Waals surface area contributed by atoms with Gasteiger partial charge in [0.2, 0.25) is 5.95 Å². The van der Waals surface area contributed by atoms with Crippen LogP contribution in [0.4, 0.5) is 10.7 Å². The zero-order chi connectivity index (χ0) is 30.7. The lowest BCUT2D eigenvalue weighted by Gasteiger charge is -2.34. The average molecular weight is 605 g/mol. The number of pyridine rings is 1. The van der Waals surface area contributed by atoms with Crippen molar-refractivity contribution >= 4 is 38.8 Å². The van der Waals surface area contributed by atoms with Crippen LogP contribution in [0.1, 0.15) is 28.5 Å².